The van der Waals surface area contributed by atoms with Crippen molar-refractivity contribution in [2.75, 3.05) is 16.8 Å². The fraction of sp³-hybridized carbons (Fsp3) is 0.200. The van der Waals surface area contributed by atoms with E-state index in [1.807, 2.05) is 0 Å². The molecule has 0 saturated heterocycles. The van der Waals surface area contributed by atoms with Crippen LogP contribution in [0.15, 0.2) is 71.6 Å². The highest BCUT2D eigenvalue weighted by Gasteiger charge is 2.29. The van der Waals surface area contributed by atoms with Crippen molar-refractivity contribution in [2.24, 2.45) is 0 Å². The summed E-state index contributed by atoms with van der Waals surface area (Å²) in [4.78, 5) is 26.3. The van der Waals surface area contributed by atoms with Crippen LogP contribution in [-0.2, 0) is 32.5 Å². The van der Waals surface area contributed by atoms with Crippen molar-refractivity contribution in [1.82, 2.24) is 4.72 Å². The first-order valence-electron chi connectivity index (χ1n) is 10.9. The number of anilines is 2. The van der Waals surface area contributed by atoms with E-state index in [1.54, 1.807) is 41.3 Å². The van der Waals surface area contributed by atoms with E-state index in [0.717, 1.165) is 12.1 Å². The van der Waals surface area contributed by atoms with Crippen LogP contribution in [0, 0.1) is 11.6 Å². The summed E-state index contributed by atoms with van der Waals surface area (Å²) in [6.45, 7) is 1.91. The molecule has 1 aliphatic rings. The Morgan fingerprint density at radius 1 is 1.00 bits per heavy atom. The molecule has 182 valence electrons. The molecule has 1 atom stereocenters. The summed E-state index contributed by atoms with van der Waals surface area (Å²) >= 11 is 0. The monoisotopic (exact) mass is 499 g/mol. The Kier molecular flexibility index (Phi) is 6.95. The van der Waals surface area contributed by atoms with Gasteiger partial charge in [-0.25, -0.2) is 17.2 Å². The van der Waals surface area contributed by atoms with E-state index < -0.39 is 33.6 Å². The van der Waals surface area contributed by atoms with Crippen LogP contribution in [0.2, 0.25) is 0 Å². The van der Waals surface area contributed by atoms with Gasteiger partial charge in [-0.2, -0.15) is 4.72 Å². The van der Waals surface area contributed by atoms with E-state index in [0.29, 0.717) is 29.8 Å². The van der Waals surface area contributed by atoms with Gasteiger partial charge >= 0.3 is 0 Å². The number of hydrogen-bond donors (Lipinski definition) is 2. The number of nitrogens with zero attached hydrogens (tertiary/aromatic N) is 1. The molecule has 1 unspecified atom stereocenters. The number of benzene rings is 3. The maximum atomic E-state index is 13.6. The Hall–Kier alpha value is -3.63. The normalized spacial score (nSPS) is 13.9. The predicted molar refractivity (Wildman–Crippen MR) is 127 cm³/mol. The van der Waals surface area contributed by atoms with Crippen LogP contribution in [0.1, 0.15) is 18.1 Å². The average molecular weight is 500 g/mol. The maximum Gasteiger partial charge on any atom is 0.242 e. The highest BCUT2D eigenvalue weighted by Crippen LogP contribution is 2.30. The molecule has 1 heterocycles. The van der Waals surface area contributed by atoms with Gasteiger partial charge in [-0.05, 0) is 54.3 Å². The van der Waals surface area contributed by atoms with Gasteiger partial charge in [-0.3, -0.25) is 9.59 Å². The lowest BCUT2D eigenvalue weighted by Gasteiger charge is -2.20. The molecule has 0 fully saturated rings. The van der Waals surface area contributed by atoms with Crippen molar-refractivity contribution < 1.29 is 26.8 Å². The zero-order valence-corrected chi connectivity index (χ0v) is 19.6. The molecule has 4 rings (SSSR count). The first-order valence-corrected chi connectivity index (χ1v) is 12.4. The molecule has 7 nitrogen and oxygen atoms in total. The minimum absolute atomic E-state index is 0.00647. The van der Waals surface area contributed by atoms with Crippen LogP contribution in [0.25, 0.3) is 0 Å². The second-order valence-electron chi connectivity index (χ2n) is 8.19. The molecule has 10 heteroatoms. The third-order valence-electron chi connectivity index (χ3n) is 5.72. The minimum Gasteiger partial charge on any atom is -0.325 e. The third-order valence-corrected chi connectivity index (χ3v) is 7.19. The highest BCUT2D eigenvalue weighted by atomic mass is 32.2. The molecule has 0 radical (unpaired) electrons. The molecule has 35 heavy (non-hydrogen) atoms. The van der Waals surface area contributed by atoms with Gasteiger partial charge in [0.05, 0.1) is 4.90 Å². The predicted octanol–water partition coefficient (Wildman–Crippen LogP) is 3.40. The van der Waals surface area contributed by atoms with Gasteiger partial charge in [0.1, 0.15) is 6.04 Å². The first-order chi connectivity index (χ1) is 16.6. The van der Waals surface area contributed by atoms with E-state index in [4.69, 9.17) is 0 Å². The molecule has 0 aromatic heterocycles. The lowest BCUT2D eigenvalue weighted by molar-refractivity contribution is -0.118. The summed E-state index contributed by atoms with van der Waals surface area (Å²) in [6, 6.07) is 14.9. The second-order valence-corrected chi connectivity index (χ2v) is 9.91. The molecule has 0 aliphatic carbocycles. The van der Waals surface area contributed by atoms with Crippen molar-refractivity contribution in [3.05, 3.63) is 89.5 Å². The minimum atomic E-state index is -4.14. The summed E-state index contributed by atoms with van der Waals surface area (Å²) in [5, 5.41) is 2.45. The van der Waals surface area contributed by atoms with Crippen molar-refractivity contribution in [1.29, 1.82) is 0 Å². The largest absolute Gasteiger partial charge is 0.325 e. The van der Waals surface area contributed by atoms with Crippen LogP contribution in [0.3, 0.4) is 0 Å². The number of nitrogens with one attached hydrogen (secondary N) is 2. The third kappa shape index (κ3) is 5.55. The van der Waals surface area contributed by atoms with Crippen LogP contribution in [0.4, 0.5) is 20.2 Å². The molecule has 0 bridgehead atoms. The standard InChI is InChI=1S/C25H23F2N3O4S/c1-16(31)30-12-11-18-14-20(8-10-24(18)30)35(33,34)29-23(13-17-5-3-2-4-6-17)25(32)28-19-7-9-21(26)22(27)15-19/h2-10,14-15,23,29H,11-13H2,1H3,(H,28,32). The molecular weight excluding hydrogens is 476 g/mol. The van der Waals surface area contributed by atoms with Gasteiger partial charge in [0.15, 0.2) is 11.6 Å². The number of amides is 2. The number of sulfonamides is 1. The van der Waals surface area contributed by atoms with Crippen molar-refractivity contribution in [3.8, 4) is 0 Å². The summed E-state index contributed by atoms with van der Waals surface area (Å²) in [6.07, 6.45) is 0.543. The van der Waals surface area contributed by atoms with Gasteiger partial charge in [0.25, 0.3) is 0 Å². The first kappa shape index (κ1) is 24.5. The van der Waals surface area contributed by atoms with Crippen molar-refractivity contribution in [2.45, 2.75) is 30.7 Å². The molecule has 3 aromatic carbocycles. The lowest BCUT2D eigenvalue weighted by Crippen LogP contribution is -2.45. The molecule has 1 aliphatic heterocycles. The Morgan fingerprint density at radius 3 is 2.43 bits per heavy atom. The fourth-order valence-corrected chi connectivity index (χ4v) is 5.21. The second kappa shape index (κ2) is 9.93. The Labute approximate surface area is 201 Å². The lowest BCUT2D eigenvalue weighted by atomic mass is 10.1. The molecule has 2 amide bonds. The number of halogens is 2. The van der Waals surface area contributed by atoms with Gasteiger partial charge in [0, 0.05) is 30.9 Å². The zero-order valence-electron chi connectivity index (χ0n) is 18.8. The molecule has 0 spiro atoms. The summed E-state index contributed by atoms with van der Waals surface area (Å²) < 4.78 is 55.7. The van der Waals surface area contributed by atoms with E-state index in [1.165, 1.54) is 25.1 Å². The Bertz CT molecular complexity index is 1380. The summed E-state index contributed by atoms with van der Waals surface area (Å²) in [7, 11) is -4.14. The molecular formula is C25H23F2N3O4S. The average Bonchev–Trinajstić information content (AvgIpc) is 3.25. The molecule has 0 saturated carbocycles. The highest BCUT2D eigenvalue weighted by molar-refractivity contribution is 7.89. The van der Waals surface area contributed by atoms with Gasteiger partial charge < -0.3 is 10.2 Å². The number of carbonyl (C=O) groups excluding carboxylic acids is 2. The number of hydrogen-bond acceptors (Lipinski definition) is 4. The van der Waals surface area contributed by atoms with Crippen LogP contribution in [-0.4, -0.2) is 32.8 Å². The molecule has 2 N–H and O–H groups in total. The van der Waals surface area contributed by atoms with Crippen molar-refractivity contribution in [3.63, 3.8) is 0 Å². The van der Waals surface area contributed by atoms with Gasteiger partial charge in [0.2, 0.25) is 21.8 Å². The summed E-state index contributed by atoms with van der Waals surface area (Å²) in [5.74, 6) is -3.06. The number of fused-ring (bicyclic) bond motifs is 1. The fourth-order valence-electron chi connectivity index (χ4n) is 3.97. The number of carbonyl (C=O) groups is 2. The Morgan fingerprint density at radius 2 is 1.74 bits per heavy atom. The van der Waals surface area contributed by atoms with E-state index in [9.17, 15) is 26.8 Å². The van der Waals surface area contributed by atoms with Crippen LogP contribution >= 0.6 is 0 Å². The van der Waals surface area contributed by atoms with Crippen molar-refractivity contribution >= 4 is 33.2 Å². The summed E-state index contributed by atoms with van der Waals surface area (Å²) in [5.41, 5.74) is 2.07. The van der Waals surface area contributed by atoms with Crippen LogP contribution in [0.5, 0.6) is 0 Å². The molecule has 3 aromatic rings. The van der Waals surface area contributed by atoms with Crippen LogP contribution < -0.4 is 14.9 Å². The smallest absolute Gasteiger partial charge is 0.242 e. The zero-order chi connectivity index (χ0) is 25.2. The topological polar surface area (TPSA) is 95.6 Å². The SMILES string of the molecule is CC(=O)N1CCc2cc(S(=O)(=O)NC(Cc3ccccc3)C(=O)Nc3ccc(F)c(F)c3)ccc21. The van der Waals surface area contributed by atoms with E-state index in [2.05, 4.69) is 10.0 Å². The maximum absolute atomic E-state index is 13.6. The van der Waals surface area contributed by atoms with E-state index >= 15 is 0 Å². The quantitative estimate of drug-likeness (QED) is 0.521. The van der Waals surface area contributed by atoms with Gasteiger partial charge in [-0.1, -0.05) is 30.3 Å². The van der Waals surface area contributed by atoms with E-state index in [-0.39, 0.29) is 22.9 Å². The number of rotatable bonds is 7. The van der Waals surface area contributed by atoms with Gasteiger partial charge in [-0.15, -0.1) is 0 Å². The Balaban J connectivity index is 1.60.